The average molecular weight is 217 g/mol. The minimum absolute atomic E-state index is 0.239. The van der Waals surface area contributed by atoms with Crippen LogP contribution in [0.3, 0.4) is 0 Å². The number of ether oxygens (including phenoxy) is 1. The highest BCUT2D eigenvalue weighted by atomic mass is 16.5. The van der Waals surface area contributed by atoms with Crippen LogP contribution in [0.2, 0.25) is 0 Å². The smallest absolute Gasteiger partial charge is 0.338 e. The van der Waals surface area contributed by atoms with E-state index in [0.717, 1.165) is 0 Å². The summed E-state index contributed by atoms with van der Waals surface area (Å²) in [6, 6.07) is 3.13. The molecule has 0 aliphatic heterocycles. The lowest BCUT2D eigenvalue weighted by molar-refractivity contribution is -0.114. The Hall–Kier alpha value is -1.78. The minimum Gasteiger partial charge on any atom is -0.465 e. The molecule has 4 nitrogen and oxygen atoms in total. The predicted octanol–water partition coefficient (Wildman–Crippen LogP) is 0.534. The van der Waals surface area contributed by atoms with Crippen LogP contribution in [-0.4, -0.2) is 26.8 Å². The summed E-state index contributed by atoms with van der Waals surface area (Å²) in [7, 11) is 7.02. The Morgan fingerprint density at radius 1 is 1.38 bits per heavy atom. The lowest BCUT2D eigenvalue weighted by Crippen LogP contribution is -2.19. The van der Waals surface area contributed by atoms with Gasteiger partial charge in [0.05, 0.1) is 12.7 Å². The van der Waals surface area contributed by atoms with Crippen LogP contribution in [0.15, 0.2) is 12.1 Å². The Balaban J connectivity index is 3.26. The van der Waals surface area contributed by atoms with Crippen molar-refractivity contribution in [1.29, 1.82) is 0 Å². The van der Waals surface area contributed by atoms with E-state index in [4.69, 9.17) is 7.85 Å². The topological polar surface area (TPSA) is 55.4 Å². The maximum absolute atomic E-state index is 11.4. The number of methoxy groups -OCH3 is 1. The van der Waals surface area contributed by atoms with Gasteiger partial charge in [-0.15, -0.1) is 0 Å². The normalized spacial score (nSPS) is 9.69. The Morgan fingerprint density at radius 2 is 2.00 bits per heavy atom. The molecule has 1 rings (SSSR count). The van der Waals surface area contributed by atoms with Gasteiger partial charge in [0.25, 0.3) is 0 Å². The summed E-state index contributed by atoms with van der Waals surface area (Å²) < 4.78 is 4.62. The zero-order valence-electron chi connectivity index (χ0n) is 9.46. The third-order valence-electron chi connectivity index (χ3n) is 2.20. The van der Waals surface area contributed by atoms with Gasteiger partial charge in [0.2, 0.25) is 5.91 Å². The van der Waals surface area contributed by atoms with Crippen molar-refractivity contribution in [2.45, 2.75) is 13.8 Å². The van der Waals surface area contributed by atoms with Crippen LogP contribution in [0.25, 0.3) is 0 Å². The van der Waals surface area contributed by atoms with Crippen LogP contribution in [0.4, 0.5) is 5.69 Å². The highest BCUT2D eigenvalue weighted by Crippen LogP contribution is 2.17. The van der Waals surface area contributed by atoms with Crippen molar-refractivity contribution in [2.75, 3.05) is 12.4 Å². The van der Waals surface area contributed by atoms with Crippen molar-refractivity contribution in [3.05, 3.63) is 23.3 Å². The molecule has 16 heavy (non-hydrogen) atoms. The average Bonchev–Trinajstić information content (AvgIpc) is 2.23. The highest BCUT2D eigenvalue weighted by molar-refractivity contribution is 6.37. The Labute approximate surface area is 95.4 Å². The van der Waals surface area contributed by atoms with Gasteiger partial charge in [-0.2, -0.15) is 0 Å². The van der Waals surface area contributed by atoms with Crippen LogP contribution in [0.5, 0.6) is 0 Å². The number of anilines is 1. The molecule has 0 aliphatic rings. The second-order valence-electron chi connectivity index (χ2n) is 3.38. The second-order valence-corrected chi connectivity index (χ2v) is 3.38. The summed E-state index contributed by atoms with van der Waals surface area (Å²) in [5.74, 6) is -0.694. The number of hydrogen-bond acceptors (Lipinski definition) is 3. The number of carbonyl (C=O) groups is 2. The summed E-state index contributed by atoms with van der Waals surface area (Å²) in [4.78, 5) is 22.4. The van der Waals surface area contributed by atoms with Gasteiger partial charge in [0.1, 0.15) is 7.85 Å². The summed E-state index contributed by atoms with van der Waals surface area (Å²) in [6.45, 7) is 3.08. The molecule has 1 N–H and O–H groups in total. The lowest BCUT2D eigenvalue weighted by Gasteiger charge is -2.13. The maximum Gasteiger partial charge on any atom is 0.338 e. The molecule has 1 aromatic carbocycles. The van der Waals surface area contributed by atoms with E-state index in [-0.39, 0.29) is 5.91 Å². The van der Waals surface area contributed by atoms with E-state index >= 15 is 0 Å². The van der Waals surface area contributed by atoms with Crippen molar-refractivity contribution in [1.82, 2.24) is 0 Å². The summed E-state index contributed by atoms with van der Waals surface area (Å²) in [5.41, 5.74) is 1.86. The lowest BCUT2D eigenvalue weighted by atomic mass is 9.89. The zero-order chi connectivity index (χ0) is 12.3. The summed E-state index contributed by atoms with van der Waals surface area (Å²) in [5, 5.41) is 2.59. The van der Waals surface area contributed by atoms with Crippen molar-refractivity contribution < 1.29 is 14.3 Å². The molecule has 2 radical (unpaired) electrons. The van der Waals surface area contributed by atoms with E-state index < -0.39 is 5.97 Å². The number of nitrogens with one attached hydrogen (secondary N) is 1. The number of hydrogen-bond donors (Lipinski definition) is 1. The first-order valence-electron chi connectivity index (χ1n) is 4.72. The standard InChI is InChI=1S/C11H12BNO3/c1-6-8(11(15)16-3)4-5-9(12)10(6)13-7(2)14/h4-5H,1-3H3,(H,13,14). The highest BCUT2D eigenvalue weighted by Gasteiger charge is 2.14. The summed E-state index contributed by atoms with van der Waals surface area (Å²) >= 11 is 0. The van der Waals surface area contributed by atoms with Crippen molar-refractivity contribution in [3.63, 3.8) is 0 Å². The van der Waals surface area contributed by atoms with Crippen molar-refractivity contribution in [2.24, 2.45) is 0 Å². The van der Waals surface area contributed by atoms with E-state index in [1.54, 1.807) is 19.1 Å². The van der Waals surface area contributed by atoms with Crippen molar-refractivity contribution >= 4 is 30.9 Å². The molecule has 0 aliphatic carbocycles. The molecule has 82 valence electrons. The molecule has 0 bridgehead atoms. The Bertz CT molecular complexity index is 443. The van der Waals surface area contributed by atoms with Gasteiger partial charge in [-0.05, 0) is 18.6 Å². The molecule has 0 saturated heterocycles. The first kappa shape index (κ1) is 12.3. The number of amides is 1. The van der Waals surface area contributed by atoms with Gasteiger partial charge in [-0.1, -0.05) is 11.5 Å². The first-order chi connectivity index (χ1) is 7.47. The fraction of sp³-hybridized carbons (Fsp3) is 0.273. The molecule has 0 atom stereocenters. The molecule has 0 unspecified atom stereocenters. The fourth-order valence-electron chi connectivity index (χ4n) is 1.41. The maximum atomic E-state index is 11.4. The van der Waals surface area contributed by atoms with Gasteiger partial charge >= 0.3 is 5.97 Å². The molecule has 0 saturated carbocycles. The third kappa shape index (κ3) is 2.42. The van der Waals surface area contributed by atoms with E-state index in [1.807, 2.05) is 0 Å². The predicted molar refractivity (Wildman–Crippen MR) is 62.2 cm³/mol. The SMILES string of the molecule is [B]c1ccc(C(=O)OC)c(C)c1NC(C)=O. The second kappa shape index (κ2) is 4.83. The summed E-state index contributed by atoms with van der Waals surface area (Å²) in [6.07, 6.45) is 0. The molecule has 0 spiro atoms. The van der Waals surface area contributed by atoms with E-state index in [2.05, 4.69) is 10.1 Å². The van der Waals surface area contributed by atoms with Gasteiger partial charge in [-0.25, -0.2) is 4.79 Å². The number of esters is 1. The van der Waals surface area contributed by atoms with Crippen LogP contribution >= 0.6 is 0 Å². The van der Waals surface area contributed by atoms with E-state index in [0.29, 0.717) is 22.3 Å². The molecular weight excluding hydrogens is 205 g/mol. The van der Waals surface area contributed by atoms with Gasteiger partial charge < -0.3 is 10.1 Å². The first-order valence-corrected chi connectivity index (χ1v) is 4.72. The van der Waals surface area contributed by atoms with Crippen LogP contribution < -0.4 is 10.8 Å². The monoisotopic (exact) mass is 217 g/mol. The Morgan fingerprint density at radius 3 is 2.50 bits per heavy atom. The molecule has 0 aromatic heterocycles. The van der Waals surface area contributed by atoms with Gasteiger partial charge in [0, 0.05) is 12.6 Å². The fourth-order valence-corrected chi connectivity index (χ4v) is 1.41. The van der Waals surface area contributed by atoms with Gasteiger partial charge in [-0.3, -0.25) is 4.79 Å². The van der Waals surface area contributed by atoms with E-state index in [9.17, 15) is 9.59 Å². The molecule has 0 heterocycles. The third-order valence-corrected chi connectivity index (χ3v) is 2.20. The van der Waals surface area contributed by atoms with Crippen molar-refractivity contribution in [3.8, 4) is 0 Å². The molecule has 1 aromatic rings. The zero-order valence-corrected chi connectivity index (χ0v) is 9.46. The largest absolute Gasteiger partial charge is 0.465 e. The number of benzene rings is 1. The quantitative estimate of drug-likeness (QED) is 0.580. The molecule has 5 heteroatoms. The van der Waals surface area contributed by atoms with Gasteiger partial charge in [0.15, 0.2) is 0 Å². The number of carbonyl (C=O) groups excluding carboxylic acids is 2. The van der Waals surface area contributed by atoms with Crippen LogP contribution in [-0.2, 0) is 9.53 Å². The Kier molecular flexibility index (Phi) is 3.71. The minimum atomic E-state index is -0.455. The van der Waals surface area contributed by atoms with E-state index in [1.165, 1.54) is 14.0 Å². The molecule has 0 fully saturated rings. The number of rotatable bonds is 2. The molecular formula is C11H12BNO3. The van der Waals surface area contributed by atoms with Crippen LogP contribution in [0, 0.1) is 6.92 Å². The van der Waals surface area contributed by atoms with Crippen LogP contribution in [0.1, 0.15) is 22.8 Å². The molecule has 1 amide bonds.